The Balaban J connectivity index is 2.57. The van der Waals surface area contributed by atoms with Gasteiger partial charge in [0.1, 0.15) is 17.2 Å². The lowest BCUT2D eigenvalue weighted by Gasteiger charge is -2.12. The minimum absolute atomic E-state index is 0.0256. The van der Waals surface area contributed by atoms with E-state index in [0.29, 0.717) is 0 Å². The standard InChI is InChI=1S/C15H11ClF3NO4/c1-22-11-5-7(24-15(18)19)3-4-8(11)12-10(17)6-9(16)13(20-12)14(21)23-2/h3-6,15H,1-2H3. The van der Waals surface area contributed by atoms with Crippen LogP contribution < -0.4 is 9.47 Å². The fourth-order valence-electron chi connectivity index (χ4n) is 1.94. The summed E-state index contributed by atoms with van der Waals surface area (Å²) in [6.07, 6.45) is 0. The molecule has 1 aromatic carbocycles. The number of hydrogen-bond acceptors (Lipinski definition) is 5. The lowest BCUT2D eigenvalue weighted by atomic mass is 10.1. The number of methoxy groups -OCH3 is 2. The Morgan fingerprint density at radius 2 is 1.96 bits per heavy atom. The van der Waals surface area contributed by atoms with Crippen molar-refractivity contribution in [1.82, 2.24) is 4.98 Å². The lowest BCUT2D eigenvalue weighted by Crippen LogP contribution is -2.08. The van der Waals surface area contributed by atoms with Gasteiger partial charge in [0.2, 0.25) is 0 Å². The first-order valence-corrected chi connectivity index (χ1v) is 6.82. The van der Waals surface area contributed by atoms with Gasteiger partial charge in [-0.05, 0) is 18.2 Å². The van der Waals surface area contributed by atoms with Crippen LogP contribution >= 0.6 is 11.6 Å². The number of carbonyl (C=O) groups is 1. The Bertz CT molecular complexity index is 771. The highest BCUT2D eigenvalue weighted by atomic mass is 35.5. The van der Waals surface area contributed by atoms with Crippen LogP contribution in [0.4, 0.5) is 13.2 Å². The van der Waals surface area contributed by atoms with Crippen molar-refractivity contribution in [1.29, 1.82) is 0 Å². The van der Waals surface area contributed by atoms with E-state index in [0.717, 1.165) is 19.2 Å². The molecule has 0 atom stereocenters. The van der Waals surface area contributed by atoms with Crippen molar-refractivity contribution in [3.05, 3.63) is 40.8 Å². The van der Waals surface area contributed by atoms with Crippen LogP contribution in [0.2, 0.25) is 5.02 Å². The quantitative estimate of drug-likeness (QED) is 0.755. The first-order chi connectivity index (χ1) is 11.4. The second kappa shape index (κ2) is 7.39. The van der Waals surface area contributed by atoms with Crippen molar-refractivity contribution in [2.24, 2.45) is 0 Å². The second-order valence-electron chi connectivity index (χ2n) is 4.38. The number of aromatic nitrogens is 1. The molecule has 0 unspecified atom stereocenters. The van der Waals surface area contributed by atoms with Crippen LogP contribution in [-0.4, -0.2) is 31.8 Å². The SMILES string of the molecule is COC(=O)c1nc(-c2ccc(OC(F)F)cc2OC)c(F)cc1Cl. The molecule has 2 rings (SSSR count). The predicted molar refractivity (Wildman–Crippen MR) is 79.2 cm³/mol. The minimum Gasteiger partial charge on any atom is -0.496 e. The summed E-state index contributed by atoms with van der Waals surface area (Å²) in [6, 6.07) is 4.52. The number of rotatable bonds is 5. The summed E-state index contributed by atoms with van der Waals surface area (Å²) in [6.45, 7) is -3.02. The number of hydrogen-bond donors (Lipinski definition) is 0. The van der Waals surface area contributed by atoms with Gasteiger partial charge in [-0.1, -0.05) is 11.6 Å². The number of carbonyl (C=O) groups excluding carboxylic acids is 1. The molecule has 2 aromatic rings. The van der Waals surface area contributed by atoms with E-state index in [1.807, 2.05) is 0 Å². The molecule has 0 aliphatic carbocycles. The zero-order chi connectivity index (χ0) is 17.9. The van der Waals surface area contributed by atoms with E-state index in [1.54, 1.807) is 0 Å². The molecule has 0 saturated carbocycles. The van der Waals surface area contributed by atoms with Gasteiger partial charge in [-0.25, -0.2) is 14.2 Å². The van der Waals surface area contributed by atoms with Crippen LogP contribution in [0.15, 0.2) is 24.3 Å². The zero-order valence-electron chi connectivity index (χ0n) is 12.5. The molecule has 5 nitrogen and oxygen atoms in total. The Morgan fingerprint density at radius 1 is 1.25 bits per heavy atom. The first-order valence-electron chi connectivity index (χ1n) is 6.45. The van der Waals surface area contributed by atoms with Crippen LogP contribution in [0, 0.1) is 5.82 Å². The fourth-order valence-corrected chi connectivity index (χ4v) is 2.15. The van der Waals surface area contributed by atoms with Gasteiger partial charge >= 0.3 is 12.6 Å². The summed E-state index contributed by atoms with van der Waals surface area (Å²) in [5.41, 5.74) is -0.413. The fraction of sp³-hybridized carbons (Fsp3) is 0.200. The molecule has 0 fully saturated rings. The highest BCUT2D eigenvalue weighted by Crippen LogP contribution is 2.35. The summed E-state index contributed by atoms with van der Waals surface area (Å²) >= 11 is 5.78. The van der Waals surface area contributed by atoms with E-state index in [1.165, 1.54) is 19.2 Å². The van der Waals surface area contributed by atoms with Gasteiger partial charge in [0.05, 0.1) is 19.2 Å². The average Bonchev–Trinajstić information content (AvgIpc) is 2.54. The van der Waals surface area contributed by atoms with E-state index < -0.39 is 18.4 Å². The molecule has 0 amide bonds. The van der Waals surface area contributed by atoms with Crippen molar-refractivity contribution in [3.8, 4) is 22.8 Å². The third-order valence-corrected chi connectivity index (χ3v) is 3.25. The third-order valence-electron chi connectivity index (χ3n) is 2.96. The van der Waals surface area contributed by atoms with Crippen LogP contribution in [-0.2, 0) is 4.74 Å². The molecular weight excluding hydrogens is 351 g/mol. The van der Waals surface area contributed by atoms with Gasteiger partial charge in [-0.2, -0.15) is 8.78 Å². The van der Waals surface area contributed by atoms with Gasteiger partial charge < -0.3 is 14.2 Å². The van der Waals surface area contributed by atoms with E-state index >= 15 is 0 Å². The highest BCUT2D eigenvalue weighted by molar-refractivity contribution is 6.33. The van der Waals surface area contributed by atoms with Crippen molar-refractivity contribution >= 4 is 17.6 Å². The maximum atomic E-state index is 14.2. The second-order valence-corrected chi connectivity index (χ2v) is 4.79. The molecule has 0 bridgehead atoms. The minimum atomic E-state index is -3.02. The van der Waals surface area contributed by atoms with Crippen LogP contribution in [0.1, 0.15) is 10.5 Å². The highest BCUT2D eigenvalue weighted by Gasteiger charge is 2.21. The Labute approximate surface area is 139 Å². The lowest BCUT2D eigenvalue weighted by molar-refractivity contribution is -0.0499. The van der Waals surface area contributed by atoms with Gasteiger partial charge in [0.15, 0.2) is 11.5 Å². The van der Waals surface area contributed by atoms with Crippen LogP contribution in [0.25, 0.3) is 11.3 Å². The van der Waals surface area contributed by atoms with Crippen molar-refractivity contribution in [2.75, 3.05) is 14.2 Å². The molecule has 0 aliphatic heterocycles. The molecule has 128 valence electrons. The normalized spacial score (nSPS) is 10.6. The van der Waals surface area contributed by atoms with Gasteiger partial charge in [0, 0.05) is 11.6 Å². The summed E-state index contributed by atoms with van der Waals surface area (Å²) in [7, 11) is 2.39. The molecule has 24 heavy (non-hydrogen) atoms. The monoisotopic (exact) mass is 361 g/mol. The Morgan fingerprint density at radius 3 is 2.54 bits per heavy atom. The van der Waals surface area contributed by atoms with E-state index in [4.69, 9.17) is 16.3 Å². The Hall–Kier alpha value is -2.48. The molecule has 1 heterocycles. The molecule has 0 spiro atoms. The van der Waals surface area contributed by atoms with Crippen molar-refractivity contribution in [3.63, 3.8) is 0 Å². The van der Waals surface area contributed by atoms with Crippen LogP contribution in [0.3, 0.4) is 0 Å². The summed E-state index contributed by atoms with van der Waals surface area (Å²) in [5, 5.41) is -0.222. The van der Waals surface area contributed by atoms with Crippen molar-refractivity contribution < 1.29 is 32.2 Å². The Kier molecular flexibility index (Phi) is 5.50. The maximum Gasteiger partial charge on any atom is 0.387 e. The first kappa shape index (κ1) is 17.9. The summed E-state index contributed by atoms with van der Waals surface area (Å²) < 4.78 is 52.6. The molecular formula is C15H11ClF3NO4. The number of nitrogens with zero attached hydrogens (tertiary/aromatic N) is 1. The number of alkyl halides is 2. The molecule has 0 saturated heterocycles. The molecule has 0 N–H and O–H groups in total. The van der Waals surface area contributed by atoms with Gasteiger partial charge in [-0.15, -0.1) is 0 Å². The number of ether oxygens (including phenoxy) is 3. The van der Waals surface area contributed by atoms with Gasteiger partial charge in [-0.3, -0.25) is 0 Å². The number of benzene rings is 1. The third kappa shape index (κ3) is 3.70. The van der Waals surface area contributed by atoms with Crippen LogP contribution in [0.5, 0.6) is 11.5 Å². The molecule has 0 aliphatic rings. The van der Waals surface area contributed by atoms with Crippen molar-refractivity contribution in [2.45, 2.75) is 6.61 Å². The molecule has 9 heteroatoms. The summed E-state index contributed by atoms with van der Waals surface area (Å²) in [5.74, 6) is -1.82. The number of halogens is 4. The van der Waals surface area contributed by atoms with E-state index in [9.17, 15) is 18.0 Å². The van der Waals surface area contributed by atoms with Gasteiger partial charge in [0.25, 0.3) is 0 Å². The molecule has 0 radical (unpaired) electrons. The van der Waals surface area contributed by atoms with E-state index in [2.05, 4.69) is 14.5 Å². The average molecular weight is 362 g/mol. The van der Waals surface area contributed by atoms with E-state index in [-0.39, 0.29) is 33.5 Å². The molecule has 1 aromatic heterocycles. The number of esters is 1. The topological polar surface area (TPSA) is 57.7 Å². The number of pyridine rings is 1. The predicted octanol–water partition coefficient (Wildman–Crippen LogP) is 3.94. The zero-order valence-corrected chi connectivity index (χ0v) is 13.2. The smallest absolute Gasteiger partial charge is 0.387 e. The maximum absolute atomic E-state index is 14.2. The summed E-state index contributed by atoms with van der Waals surface area (Å²) in [4.78, 5) is 15.5. The largest absolute Gasteiger partial charge is 0.496 e.